The molecule has 0 aromatic carbocycles. The lowest BCUT2D eigenvalue weighted by molar-refractivity contribution is 0.0523. The average Bonchev–Trinajstić information content (AvgIpc) is 2.56. The normalized spacial score (nSPS) is 10.8. The van der Waals surface area contributed by atoms with Crippen LogP contribution >= 0.6 is 27.3 Å². The second-order valence-corrected chi connectivity index (χ2v) is 5.74. The van der Waals surface area contributed by atoms with E-state index < -0.39 is 5.97 Å². The summed E-state index contributed by atoms with van der Waals surface area (Å²) in [5.41, 5.74) is 0.980. The van der Waals surface area contributed by atoms with Crippen molar-refractivity contribution in [1.29, 1.82) is 0 Å². The zero-order chi connectivity index (χ0) is 12.6. The molecular weight excluding hydrogens is 306 g/mol. The number of hydrogen-bond acceptors (Lipinski definition) is 5. The third-order valence-electron chi connectivity index (χ3n) is 2.37. The van der Waals surface area contributed by atoms with Crippen molar-refractivity contribution < 1.29 is 14.6 Å². The van der Waals surface area contributed by atoms with E-state index in [4.69, 9.17) is 4.74 Å². The highest BCUT2D eigenvalue weighted by molar-refractivity contribution is 9.11. The largest absolute Gasteiger partial charge is 0.506 e. The van der Waals surface area contributed by atoms with Crippen LogP contribution in [0.4, 0.5) is 0 Å². The van der Waals surface area contributed by atoms with Gasteiger partial charge in [0.25, 0.3) is 0 Å². The summed E-state index contributed by atoms with van der Waals surface area (Å²) in [5.74, 6) is -0.617. The van der Waals surface area contributed by atoms with Gasteiger partial charge in [0.05, 0.1) is 15.8 Å². The Bertz CT molecular complexity index is 594. The van der Waals surface area contributed by atoms with Gasteiger partial charge in [-0.15, -0.1) is 11.3 Å². The molecule has 0 atom stereocenters. The van der Waals surface area contributed by atoms with E-state index in [0.29, 0.717) is 10.2 Å². The number of carbonyl (C=O) groups excluding carboxylic acids is 1. The predicted molar refractivity (Wildman–Crippen MR) is 69.7 cm³/mol. The number of pyridine rings is 1. The van der Waals surface area contributed by atoms with Crippen LogP contribution in [0.2, 0.25) is 0 Å². The lowest BCUT2D eigenvalue weighted by Crippen LogP contribution is -2.05. The Kier molecular flexibility index (Phi) is 3.35. The van der Waals surface area contributed by atoms with Gasteiger partial charge in [0.1, 0.15) is 16.1 Å². The number of rotatable bonds is 2. The zero-order valence-corrected chi connectivity index (χ0v) is 11.7. The fraction of sp³-hybridized carbons (Fsp3) is 0.273. The number of aromatic nitrogens is 1. The summed E-state index contributed by atoms with van der Waals surface area (Å²) in [6.07, 6.45) is 1.35. The average molecular weight is 316 g/mol. The molecule has 17 heavy (non-hydrogen) atoms. The van der Waals surface area contributed by atoms with Gasteiger partial charge in [-0.2, -0.15) is 0 Å². The van der Waals surface area contributed by atoms with E-state index >= 15 is 0 Å². The molecule has 2 aromatic rings. The molecule has 0 bridgehead atoms. The number of nitrogens with zero attached hydrogens (tertiary/aromatic N) is 1. The number of carbonyl (C=O) groups is 1. The van der Waals surface area contributed by atoms with Gasteiger partial charge in [0, 0.05) is 6.20 Å². The van der Waals surface area contributed by atoms with Gasteiger partial charge < -0.3 is 9.84 Å². The van der Waals surface area contributed by atoms with Crippen molar-refractivity contribution in [1.82, 2.24) is 4.98 Å². The fourth-order valence-electron chi connectivity index (χ4n) is 1.52. The van der Waals surface area contributed by atoms with E-state index in [-0.39, 0.29) is 17.9 Å². The molecule has 0 radical (unpaired) electrons. The number of aryl methyl sites for hydroxylation is 1. The maximum absolute atomic E-state index is 11.6. The van der Waals surface area contributed by atoms with Crippen molar-refractivity contribution >= 4 is 43.5 Å². The molecule has 0 aliphatic heterocycles. The van der Waals surface area contributed by atoms with E-state index in [9.17, 15) is 9.90 Å². The number of esters is 1. The molecule has 0 unspecified atom stereocenters. The summed E-state index contributed by atoms with van der Waals surface area (Å²) in [7, 11) is 0. The van der Waals surface area contributed by atoms with Crippen LogP contribution in [0.3, 0.4) is 0 Å². The quantitative estimate of drug-likeness (QED) is 0.864. The van der Waals surface area contributed by atoms with Crippen molar-refractivity contribution in [2.24, 2.45) is 0 Å². The highest BCUT2D eigenvalue weighted by atomic mass is 79.9. The predicted octanol–water partition coefficient (Wildman–Crippen LogP) is 3.25. The number of hydrogen-bond donors (Lipinski definition) is 1. The summed E-state index contributed by atoms with van der Waals surface area (Å²) in [4.78, 5) is 16.4. The van der Waals surface area contributed by atoms with E-state index in [1.165, 1.54) is 17.5 Å². The Hall–Kier alpha value is -1.14. The van der Waals surface area contributed by atoms with Gasteiger partial charge in [-0.05, 0) is 35.3 Å². The topological polar surface area (TPSA) is 59.4 Å². The van der Waals surface area contributed by atoms with Crippen molar-refractivity contribution in [3.05, 3.63) is 21.1 Å². The van der Waals surface area contributed by atoms with E-state index in [1.807, 2.05) is 6.92 Å². The second-order valence-electron chi connectivity index (χ2n) is 3.42. The molecule has 6 heteroatoms. The molecule has 2 rings (SSSR count). The molecule has 0 spiro atoms. The van der Waals surface area contributed by atoms with Crippen molar-refractivity contribution in [2.45, 2.75) is 13.8 Å². The number of aromatic hydroxyl groups is 1. The minimum Gasteiger partial charge on any atom is -0.506 e. The van der Waals surface area contributed by atoms with Crippen LogP contribution in [0, 0.1) is 6.92 Å². The Morgan fingerprint density at radius 1 is 1.65 bits per heavy atom. The SMILES string of the molecule is CCOC(=O)c1cnc2sc(Br)c(C)c2c1O. The van der Waals surface area contributed by atoms with Gasteiger partial charge in [-0.25, -0.2) is 9.78 Å². The zero-order valence-electron chi connectivity index (χ0n) is 9.28. The number of halogens is 1. The van der Waals surface area contributed by atoms with Crippen LogP contribution in [0.25, 0.3) is 10.2 Å². The minimum atomic E-state index is -0.555. The molecule has 90 valence electrons. The molecule has 2 aromatic heterocycles. The third-order valence-corrected chi connectivity index (χ3v) is 4.44. The molecule has 2 heterocycles. The van der Waals surface area contributed by atoms with Crippen molar-refractivity contribution in [3.63, 3.8) is 0 Å². The molecule has 0 amide bonds. The molecule has 0 saturated carbocycles. The Morgan fingerprint density at radius 2 is 2.35 bits per heavy atom. The van der Waals surface area contributed by atoms with Crippen molar-refractivity contribution in [3.8, 4) is 5.75 Å². The van der Waals surface area contributed by atoms with Crippen LogP contribution in [-0.4, -0.2) is 22.7 Å². The Labute approximate surface area is 110 Å². The summed E-state index contributed by atoms with van der Waals surface area (Å²) < 4.78 is 5.76. The molecule has 0 saturated heterocycles. The smallest absolute Gasteiger partial charge is 0.343 e. The Morgan fingerprint density at radius 3 is 3.00 bits per heavy atom. The van der Waals surface area contributed by atoms with Gasteiger partial charge in [-0.3, -0.25) is 0 Å². The summed E-state index contributed by atoms with van der Waals surface area (Å²) in [5, 5.41) is 10.7. The van der Waals surface area contributed by atoms with Gasteiger partial charge >= 0.3 is 5.97 Å². The van der Waals surface area contributed by atoms with Crippen molar-refractivity contribution in [2.75, 3.05) is 6.61 Å². The highest BCUT2D eigenvalue weighted by Crippen LogP contribution is 2.39. The van der Waals surface area contributed by atoms with Gasteiger partial charge in [-0.1, -0.05) is 0 Å². The highest BCUT2D eigenvalue weighted by Gasteiger charge is 2.19. The standard InChI is InChI=1S/C11H10BrNO3S/c1-3-16-11(15)6-4-13-10-7(8(6)14)5(2)9(12)17-10/h4H,3H2,1-2H3,(H,13,14). The molecular formula is C11H10BrNO3S. The number of thiophene rings is 1. The van der Waals surface area contributed by atoms with E-state index in [2.05, 4.69) is 20.9 Å². The van der Waals surface area contributed by atoms with Gasteiger partial charge in [0.2, 0.25) is 0 Å². The third kappa shape index (κ3) is 2.02. The summed E-state index contributed by atoms with van der Waals surface area (Å²) >= 11 is 4.81. The first-order chi connectivity index (χ1) is 8.06. The van der Waals surface area contributed by atoms with Gasteiger partial charge in [0.15, 0.2) is 0 Å². The van der Waals surface area contributed by atoms with Crippen LogP contribution in [0.5, 0.6) is 5.75 Å². The number of fused-ring (bicyclic) bond motifs is 1. The maximum Gasteiger partial charge on any atom is 0.343 e. The van der Waals surface area contributed by atoms with Crippen LogP contribution < -0.4 is 0 Å². The first kappa shape index (κ1) is 12.3. The lowest BCUT2D eigenvalue weighted by atomic mass is 10.1. The van der Waals surface area contributed by atoms with E-state index in [0.717, 1.165) is 9.35 Å². The molecule has 1 N–H and O–H groups in total. The Balaban J connectivity index is 2.64. The fourth-order valence-corrected chi connectivity index (χ4v) is 3.06. The van der Waals surface area contributed by atoms with Crippen LogP contribution in [0.15, 0.2) is 9.98 Å². The first-order valence-corrected chi connectivity index (χ1v) is 6.60. The van der Waals surface area contributed by atoms with E-state index in [1.54, 1.807) is 6.92 Å². The molecule has 4 nitrogen and oxygen atoms in total. The molecule has 0 aliphatic rings. The molecule has 0 fully saturated rings. The second kappa shape index (κ2) is 4.62. The molecule has 0 aliphatic carbocycles. The lowest BCUT2D eigenvalue weighted by Gasteiger charge is -2.05. The maximum atomic E-state index is 11.6. The first-order valence-electron chi connectivity index (χ1n) is 5.00. The minimum absolute atomic E-state index is 0.0621. The summed E-state index contributed by atoms with van der Waals surface area (Å²) in [6, 6.07) is 0. The monoisotopic (exact) mass is 315 g/mol. The van der Waals surface area contributed by atoms with Crippen LogP contribution in [0.1, 0.15) is 22.8 Å². The van der Waals surface area contributed by atoms with Crippen LogP contribution in [-0.2, 0) is 4.74 Å². The summed E-state index contributed by atoms with van der Waals surface area (Å²) in [6.45, 7) is 3.84. The number of ether oxygens (including phenoxy) is 1.